The quantitative estimate of drug-likeness (QED) is 0.0261. The maximum Gasteiger partial charge on any atom is 0.306 e. The topological polar surface area (TPSA) is 78.9 Å². The highest BCUT2D eigenvalue weighted by Gasteiger charge is 2.19. The van der Waals surface area contributed by atoms with Gasteiger partial charge in [-0.1, -0.05) is 303 Å². The largest absolute Gasteiger partial charge is 0.462 e. The van der Waals surface area contributed by atoms with E-state index in [9.17, 15) is 14.4 Å². The number of carbonyl (C=O) groups excluding carboxylic acids is 3. The molecular weight excluding hydrogens is 853 g/mol. The molecule has 0 amide bonds. The molecule has 0 radical (unpaired) electrons. The Kier molecular flexibility index (Phi) is 57.1. The van der Waals surface area contributed by atoms with Crippen molar-refractivity contribution in [1.29, 1.82) is 0 Å². The molecule has 0 aromatic heterocycles. The van der Waals surface area contributed by atoms with Gasteiger partial charge >= 0.3 is 17.9 Å². The van der Waals surface area contributed by atoms with Crippen molar-refractivity contribution >= 4 is 17.9 Å². The Labute approximate surface area is 431 Å². The van der Waals surface area contributed by atoms with Gasteiger partial charge in [0, 0.05) is 19.3 Å². The summed E-state index contributed by atoms with van der Waals surface area (Å²) in [5.41, 5.74) is 0. The summed E-state index contributed by atoms with van der Waals surface area (Å²) in [6.45, 7) is 6.71. The molecule has 0 aliphatic heterocycles. The molecule has 6 heteroatoms. The molecule has 0 saturated carbocycles. The second-order valence-electron chi connectivity index (χ2n) is 21.3. The van der Waals surface area contributed by atoms with Crippen molar-refractivity contribution in [2.75, 3.05) is 13.2 Å². The van der Waals surface area contributed by atoms with Crippen LogP contribution in [0.1, 0.15) is 355 Å². The summed E-state index contributed by atoms with van der Waals surface area (Å²) in [5, 5.41) is 0. The van der Waals surface area contributed by atoms with Gasteiger partial charge in [0.15, 0.2) is 6.10 Å². The standard InChI is InChI=1S/C63H120O6/c1-4-7-10-13-16-19-22-25-28-30-32-34-35-38-41-44-47-50-53-56-62(65)68-59-60(58-67-61(64)55-52-49-46-43-40-37-27-24-21-18-15-12-9-6-3)69-63(66)57-54-51-48-45-42-39-36-33-31-29-26-23-20-17-14-11-8-5-2/h30,32,60H,4-29,31,33-59H2,1-3H3/b32-30-/t60-/m1/s1. The Hall–Kier alpha value is -1.85. The van der Waals surface area contributed by atoms with Gasteiger partial charge in [0.2, 0.25) is 0 Å². The third kappa shape index (κ3) is 56.9. The molecular formula is C63H120O6. The zero-order valence-electron chi connectivity index (χ0n) is 46.9. The van der Waals surface area contributed by atoms with Crippen LogP contribution >= 0.6 is 0 Å². The van der Waals surface area contributed by atoms with Gasteiger partial charge in [-0.3, -0.25) is 14.4 Å². The molecule has 1 atom stereocenters. The Morgan fingerprint density at radius 3 is 0.725 bits per heavy atom. The van der Waals surface area contributed by atoms with Gasteiger partial charge in [-0.25, -0.2) is 0 Å². The lowest BCUT2D eigenvalue weighted by Crippen LogP contribution is -2.30. The van der Waals surface area contributed by atoms with Crippen molar-refractivity contribution in [3.8, 4) is 0 Å². The summed E-state index contributed by atoms with van der Waals surface area (Å²) in [7, 11) is 0. The summed E-state index contributed by atoms with van der Waals surface area (Å²) in [4.78, 5) is 38.2. The van der Waals surface area contributed by atoms with Crippen LogP contribution in [0.3, 0.4) is 0 Å². The molecule has 0 unspecified atom stereocenters. The molecule has 69 heavy (non-hydrogen) atoms. The van der Waals surface area contributed by atoms with Crippen LogP contribution < -0.4 is 0 Å². The van der Waals surface area contributed by atoms with Crippen LogP contribution in [-0.4, -0.2) is 37.2 Å². The van der Waals surface area contributed by atoms with Crippen molar-refractivity contribution in [3.63, 3.8) is 0 Å². The lowest BCUT2D eigenvalue weighted by Gasteiger charge is -2.18. The first kappa shape index (κ1) is 67.1. The van der Waals surface area contributed by atoms with Crippen LogP contribution in [0.2, 0.25) is 0 Å². The van der Waals surface area contributed by atoms with Crippen LogP contribution in [0.4, 0.5) is 0 Å². The summed E-state index contributed by atoms with van der Waals surface area (Å²) in [6.07, 6.45) is 67.8. The summed E-state index contributed by atoms with van der Waals surface area (Å²) in [6, 6.07) is 0. The van der Waals surface area contributed by atoms with Crippen LogP contribution in [0, 0.1) is 0 Å². The van der Waals surface area contributed by atoms with Crippen LogP contribution in [0.15, 0.2) is 12.2 Å². The number of hydrogen-bond donors (Lipinski definition) is 0. The average molecular weight is 974 g/mol. The molecule has 0 aromatic rings. The minimum atomic E-state index is -0.766. The monoisotopic (exact) mass is 973 g/mol. The molecule has 0 bridgehead atoms. The van der Waals surface area contributed by atoms with Gasteiger partial charge in [0.05, 0.1) is 0 Å². The van der Waals surface area contributed by atoms with Crippen molar-refractivity contribution < 1.29 is 28.6 Å². The molecule has 0 aliphatic rings. The second kappa shape index (κ2) is 58.7. The molecule has 6 nitrogen and oxygen atoms in total. The zero-order chi connectivity index (χ0) is 50.0. The van der Waals surface area contributed by atoms with Gasteiger partial charge < -0.3 is 14.2 Å². The van der Waals surface area contributed by atoms with E-state index in [-0.39, 0.29) is 31.1 Å². The first-order valence-corrected chi connectivity index (χ1v) is 31.2. The maximum atomic E-state index is 12.9. The number of carbonyl (C=O) groups is 3. The highest BCUT2D eigenvalue weighted by atomic mass is 16.6. The lowest BCUT2D eigenvalue weighted by molar-refractivity contribution is -0.167. The molecule has 0 spiro atoms. The fourth-order valence-corrected chi connectivity index (χ4v) is 9.56. The lowest BCUT2D eigenvalue weighted by atomic mass is 10.0. The second-order valence-corrected chi connectivity index (χ2v) is 21.3. The normalized spacial score (nSPS) is 12.0. The van der Waals surface area contributed by atoms with Gasteiger partial charge in [-0.15, -0.1) is 0 Å². The molecule has 0 saturated heterocycles. The number of unbranched alkanes of at least 4 members (excludes halogenated alkanes) is 45. The van der Waals surface area contributed by atoms with Crippen LogP contribution in [0.25, 0.3) is 0 Å². The number of allylic oxidation sites excluding steroid dienone is 2. The predicted octanol–water partition coefficient (Wildman–Crippen LogP) is 20.9. The minimum absolute atomic E-state index is 0.0649. The third-order valence-corrected chi connectivity index (χ3v) is 14.3. The molecule has 0 N–H and O–H groups in total. The Morgan fingerprint density at radius 2 is 0.478 bits per heavy atom. The maximum absolute atomic E-state index is 12.9. The number of esters is 3. The molecule has 0 aliphatic carbocycles. The highest BCUT2D eigenvalue weighted by Crippen LogP contribution is 2.18. The number of ether oxygens (including phenoxy) is 3. The zero-order valence-corrected chi connectivity index (χ0v) is 46.9. The minimum Gasteiger partial charge on any atom is -0.462 e. The molecule has 408 valence electrons. The first-order valence-electron chi connectivity index (χ1n) is 31.2. The van der Waals surface area contributed by atoms with E-state index < -0.39 is 6.10 Å². The van der Waals surface area contributed by atoms with E-state index in [1.54, 1.807) is 0 Å². The van der Waals surface area contributed by atoms with E-state index in [0.29, 0.717) is 19.3 Å². The van der Waals surface area contributed by atoms with E-state index in [4.69, 9.17) is 14.2 Å². The van der Waals surface area contributed by atoms with E-state index in [1.807, 2.05) is 0 Å². The van der Waals surface area contributed by atoms with Crippen LogP contribution in [-0.2, 0) is 28.6 Å². The number of hydrogen-bond acceptors (Lipinski definition) is 6. The van der Waals surface area contributed by atoms with Crippen molar-refractivity contribution in [3.05, 3.63) is 12.2 Å². The highest BCUT2D eigenvalue weighted by molar-refractivity contribution is 5.71. The van der Waals surface area contributed by atoms with Crippen LogP contribution in [0.5, 0.6) is 0 Å². The predicted molar refractivity (Wildman–Crippen MR) is 298 cm³/mol. The molecule has 0 heterocycles. The number of rotatable bonds is 58. The molecule has 0 aromatic carbocycles. The van der Waals surface area contributed by atoms with Crippen molar-refractivity contribution in [1.82, 2.24) is 0 Å². The van der Waals surface area contributed by atoms with E-state index >= 15 is 0 Å². The molecule has 0 rings (SSSR count). The summed E-state index contributed by atoms with van der Waals surface area (Å²) >= 11 is 0. The van der Waals surface area contributed by atoms with Gasteiger partial charge in [-0.2, -0.15) is 0 Å². The fourth-order valence-electron chi connectivity index (χ4n) is 9.56. The fraction of sp³-hybridized carbons (Fsp3) is 0.921. The Balaban J connectivity index is 4.30. The van der Waals surface area contributed by atoms with E-state index in [0.717, 1.165) is 57.8 Å². The van der Waals surface area contributed by atoms with Gasteiger partial charge in [-0.05, 0) is 44.9 Å². The van der Waals surface area contributed by atoms with Gasteiger partial charge in [0.25, 0.3) is 0 Å². The average Bonchev–Trinajstić information content (AvgIpc) is 3.35. The van der Waals surface area contributed by atoms with Gasteiger partial charge in [0.1, 0.15) is 13.2 Å². The summed E-state index contributed by atoms with van der Waals surface area (Å²) in [5.74, 6) is -0.840. The summed E-state index contributed by atoms with van der Waals surface area (Å²) < 4.78 is 16.9. The van der Waals surface area contributed by atoms with E-state index in [2.05, 4.69) is 32.9 Å². The Morgan fingerprint density at radius 1 is 0.275 bits per heavy atom. The smallest absolute Gasteiger partial charge is 0.306 e. The van der Waals surface area contributed by atoms with Crippen molar-refractivity contribution in [2.45, 2.75) is 361 Å². The van der Waals surface area contributed by atoms with Crippen molar-refractivity contribution in [2.24, 2.45) is 0 Å². The van der Waals surface area contributed by atoms with E-state index in [1.165, 1.54) is 257 Å². The molecule has 0 fully saturated rings. The first-order chi connectivity index (χ1) is 34.0. The Bertz CT molecular complexity index is 1070. The SMILES string of the molecule is CCCCCCCCCC/C=C\CCCCCCCCCC(=O)OC[C@@H](COC(=O)CCCCCCCCCCCCCCCC)OC(=O)CCCCCCCCCCCCCCCCCCCC. The third-order valence-electron chi connectivity index (χ3n) is 14.3.